The number of aromatic amines is 1. The second kappa shape index (κ2) is 12.3. The van der Waals surface area contributed by atoms with E-state index in [1.54, 1.807) is 6.20 Å². The number of carbonyl (C=O) groups excluding carboxylic acids is 4. The molecule has 5 rings (SSSR count). The molecule has 214 valence electrons. The van der Waals surface area contributed by atoms with E-state index in [1.807, 2.05) is 62.4 Å². The molecule has 4 amide bonds. The molecular formula is C30H35N7O4. The summed E-state index contributed by atoms with van der Waals surface area (Å²) in [7, 11) is 0. The lowest BCUT2D eigenvalue weighted by Crippen LogP contribution is -2.60. The van der Waals surface area contributed by atoms with E-state index in [4.69, 9.17) is 0 Å². The largest absolute Gasteiger partial charge is 0.348 e. The number of rotatable bonds is 9. The Bertz CT molecular complexity index is 1410. The molecular weight excluding hydrogens is 522 g/mol. The van der Waals surface area contributed by atoms with Gasteiger partial charge in [-0.1, -0.05) is 74.0 Å². The van der Waals surface area contributed by atoms with Crippen LogP contribution in [0.3, 0.4) is 0 Å². The highest BCUT2D eigenvalue weighted by atomic mass is 16.2. The zero-order valence-corrected chi connectivity index (χ0v) is 23.3. The van der Waals surface area contributed by atoms with Crippen LogP contribution in [0.2, 0.25) is 0 Å². The van der Waals surface area contributed by atoms with Crippen molar-refractivity contribution in [3.8, 4) is 0 Å². The molecule has 3 aromatic rings. The highest BCUT2D eigenvalue weighted by Crippen LogP contribution is 2.39. The first-order chi connectivity index (χ1) is 19.9. The number of amides is 4. The molecule has 0 saturated heterocycles. The number of para-hydroxylation sites is 1. The number of anilines is 1. The molecule has 3 atom stereocenters. The van der Waals surface area contributed by atoms with Crippen LogP contribution in [-0.2, 0) is 45.0 Å². The summed E-state index contributed by atoms with van der Waals surface area (Å²) in [6.45, 7) is 4.13. The Balaban J connectivity index is 1.43. The molecule has 0 saturated carbocycles. The molecule has 2 aromatic carbocycles. The average molecular weight is 558 g/mol. The van der Waals surface area contributed by atoms with Gasteiger partial charge in [-0.3, -0.25) is 34.6 Å². The Morgan fingerprint density at radius 1 is 1.12 bits per heavy atom. The summed E-state index contributed by atoms with van der Waals surface area (Å²) in [4.78, 5) is 56.1. The molecule has 0 radical (unpaired) electrons. The van der Waals surface area contributed by atoms with Crippen LogP contribution in [-0.4, -0.2) is 56.1 Å². The predicted octanol–water partition coefficient (Wildman–Crippen LogP) is 2.23. The first-order valence-corrected chi connectivity index (χ1v) is 14.1. The molecule has 41 heavy (non-hydrogen) atoms. The van der Waals surface area contributed by atoms with E-state index >= 15 is 0 Å². The number of carbonyl (C=O) groups is 4. The van der Waals surface area contributed by atoms with Gasteiger partial charge in [0, 0.05) is 19.0 Å². The number of benzene rings is 2. The minimum absolute atomic E-state index is 0.0655. The van der Waals surface area contributed by atoms with Gasteiger partial charge in [-0.15, -0.1) is 5.10 Å². The molecule has 2 aliphatic heterocycles. The van der Waals surface area contributed by atoms with E-state index in [9.17, 15) is 19.2 Å². The summed E-state index contributed by atoms with van der Waals surface area (Å²) >= 11 is 0. The SMILES string of the molecule is CC[C@H](C)CC(=O)N(NC(=O)Cc1ccccc1)[C@H]1CCc2cccc3c2N(C1=O)[C@H](C(=O)NCc1c[nH]nn1)C3. The maximum atomic E-state index is 14.3. The second-order valence-electron chi connectivity index (χ2n) is 10.8. The fourth-order valence-electron chi connectivity index (χ4n) is 5.48. The Morgan fingerprint density at radius 3 is 2.63 bits per heavy atom. The van der Waals surface area contributed by atoms with Crippen LogP contribution in [0.25, 0.3) is 0 Å². The summed E-state index contributed by atoms with van der Waals surface area (Å²) in [5.41, 5.74) is 6.72. The number of hydrazine groups is 1. The van der Waals surface area contributed by atoms with Gasteiger partial charge in [0.25, 0.3) is 5.91 Å². The lowest BCUT2D eigenvalue weighted by molar-refractivity contribution is -0.149. The minimum atomic E-state index is -0.963. The number of nitrogens with one attached hydrogen (secondary N) is 3. The minimum Gasteiger partial charge on any atom is -0.348 e. The van der Waals surface area contributed by atoms with E-state index in [0.29, 0.717) is 25.0 Å². The van der Waals surface area contributed by atoms with Crippen molar-refractivity contribution in [1.29, 1.82) is 0 Å². The highest BCUT2D eigenvalue weighted by Gasteiger charge is 2.46. The number of aromatic nitrogens is 3. The average Bonchev–Trinajstić information content (AvgIpc) is 3.61. The number of nitrogens with zero attached hydrogens (tertiary/aromatic N) is 4. The van der Waals surface area contributed by atoms with Crippen LogP contribution in [0.1, 0.15) is 55.5 Å². The topological polar surface area (TPSA) is 140 Å². The van der Waals surface area contributed by atoms with E-state index in [1.165, 1.54) is 9.91 Å². The van der Waals surface area contributed by atoms with Crippen LogP contribution < -0.4 is 15.6 Å². The fourth-order valence-corrected chi connectivity index (χ4v) is 5.48. The van der Waals surface area contributed by atoms with Gasteiger partial charge in [-0.25, -0.2) is 5.01 Å². The number of H-pyrrole nitrogens is 1. The number of hydrogen-bond acceptors (Lipinski definition) is 6. The van der Waals surface area contributed by atoms with Gasteiger partial charge in [0.2, 0.25) is 17.7 Å². The smallest absolute Gasteiger partial charge is 0.252 e. The van der Waals surface area contributed by atoms with Gasteiger partial charge in [0.05, 0.1) is 18.7 Å². The third-order valence-corrected chi connectivity index (χ3v) is 7.85. The monoisotopic (exact) mass is 557 g/mol. The van der Waals surface area contributed by atoms with Crippen molar-refractivity contribution in [2.45, 2.75) is 71.0 Å². The first kappa shape index (κ1) is 28.0. The standard InChI is InChI=1S/C30H35N7O4/c1-3-19(2)14-27(39)37(34-26(38)15-20-8-5-4-6-9-20)24-13-12-21-10-7-11-22-16-25(36(28(21)22)30(24)41)29(40)31-17-23-18-32-35-33-23/h4-11,18-19,24-25H,3,12-17H2,1-2H3,(H,31,40)(H,34,38)(H,32,33,35)/t19-,24-,25-/m0/s1. The van der Waals surface area contributed by atoms with Crippen LogP contribution in [0.15, 0.2) is 54.7 Å². The van der Waals surface area contributed by atoms with Crippen LogP contribution in [0, 0.1) is 5.92 Å². The van der Waals surface area contributed by atoms with Gasteiger partial charge < -0.3 is 5.32 Å². The van der Waals surface area contributed by atoms with Crippen molar-refractivity contribution in [2.24, 2.45) is 5.92 Å². The Morgan fingerprint density at radius 2 is 1.90 bits per heavy atom. The van der Waals surface area contributed by atoms with Crippen molar-refractivity contribution < 1.29 is 19.2 Å². The van der Waals surface area contributed by atoms with Crippen molar-refractivity contribution in [1.82, 2.24) is 31.2 Å². The molecule has 0 unspecified atom stereocenters. The zero-order valence-electron chi connectivity index (χ0n) is 23.3. The molecule has 11 heteroatoms. The lowest BCUT2D eigenvalue weighted by Gasteiger charge is -2.34. The van der Waals surface area contributed by atoms with Gasteiger partial charge in [-0.05, 0) is 35.4 Å². The predicted molar refractivity (Wildman–Crippen MR) is 151 cm³/mol. The summed E-state index contributed by atoms with van der Waals surface area (Å²) < 4.78 is 0. The Labute approximate surface area is 238 Å². The molecule has 0 spiro atoms. The first-order valence-electron chi connectivity index (χ1n) is 14.1. The van der Waals surface area contributed by atoms with E-state index in [-0.39, 0.29) is 48.9 Å². The Hall–Kier alpha value is -4.54. The summed E-state index contributed by atoms with van der Waals surface area (Å²) in [5, 5.41) is 14.3. The third kappa shape index (κ3) is 6.13. The van der Waals surface area contributed by atoms with Gasteiger partial charge in [-0.2, -0.15) is 0 Å². The van der Waals surface area contributed by atoms with Crippen molar-refractivity contribution in [3.05, 3.63) is 77.1 Å². The van der Waals surface area contributed by atoms with Crippen LogP contribution in [0.4, 0.5) is 5.69 Å². The van der Waals surface area contributed by atoms with Crippen molar-refractivity contribution in [3.63, 3.8) is 0 Å². The normalized spacial score (nSPS) is 18.3. The van der Waals surface area contributed by atoms with E-state index in [0.717, 1.165) is 28.8 Å². The Kier molecular flexibility index (Phi) is 8.42. The summed E-state index contributed by atoms with van der Waals surface area (Å²) in [5.74, 6) is -1.34. The lowest BCUT2D eigenvalue weighted by atomic mass is 10.00. The molecule has 0 aliphatic carbocycles. The van der Waals surface area contributed by atoms with E-state index < -0.39 is 12.1 Å². The fraction of sp³-hybridized carbons (Fsp3) is 0.400. The van der Waals surface area contributed by atoms with E-state index in [2.05, 4.69) is 26.2 Å². The molecule has 0 bridgehead atoms. The van der Waals surface area contributed by atoms with Gasteiger partial charge in [0.1, 0.15) is 17.8 Å². The molecule has 3 N–H and O–H groups in total. The quantitative estimate of drug-likeness (QED) is 0.345. The summed E-state index contributed by atoms with van der Waals surface area (Å²) in [6, 6.07) is 13.3. The molecule has 1 aromatic heterocycles. The number of hydrogen-bond donors (Lipinski definition) is 3. The van der Waals surface area contributed by atoms with Crippen molar-refractivity contribution in [2.75, 3.05) is 4.90 Å². The maximum absolute atomic E-state index is 14.3. The third-order valence-electron chi connectivity index (χ3n) is 7.85. The summed E-state index contributed by atoms with van der Waals surface area (Å²) in [6.07, 6.45) is 3.82. The van der Waals surface area contributed by atoms with Gasteiger partial charge in [0.15, 0.2) is 0 Å². The van der Waals surface area contributed by atoms with Crippen molar-refractivity contribution >= 4 is 29.3 Å². The molecule has 2 aliphatic rings. The molecule has 0 fully saturated rings. The maximum Gasteiger partial charge on any atom is 0.252 e. The van der Waals surface area contributed by atoms with Gasteiger partial charge >= 0.3 is 0 Å². The molecule has 11 nitrogen and oxygen atoms in total. The van der Waals surface area contributed by atoms with Crippen LogP contribution >= 0.6 is 0 Å². The highest BCUT2D eigenvalue weighted by molar-refractivity contribution is 6.08. The van der Waals surface area contributed by atoms with Crippen LogP contribution in [0.5, 0.6) is 0 Å². The number of aryl methyl sites for hydroxylation is 1. The molecule has 3 heterocycles. The second-order valence-corrected chi connectivity index (χ2v) is 10.8. The zero-order chi connectivity index (χ0) is 28.9.